The number of rotatable bonds is 7. The summed E-state index contributed by atoms with van der Waals surface area (Å²) in [6, 6.07) is 18.1. The fourth-order valence-corrected chi connectivity index (χ4v) is 5.38. The molecule has 0 atom stereocenters. The van der Waals surface area contributed by atoms with E-state index in [-0.39, 0.29) is 20.6 Å². The van der Waals surface area contributed by atoms with Crippen molar-refractivity contribution in [2.45, 2.75) is 16.7 Å². The summed E-state index contributed by atoms with van der Waals surface area (Å²) in [4.78, 5) is 13.8. The molecule has 0 unspecified atom stereocenters. The summed E-state index contributed by atoms with van der Waals surface area (Å²) < 4.78 is 27.9. The molecule has 9 heteroatoms. The highest BCUT2D eigenvalue weighted by atomic mass is 35.5. The Kier molecular flexibility index (Phi) is 7.54. The van der Waals surface area contributed by atoms with Crippen LogP contribution in [0.15, 0.2) is 76.5 Å². The zero-order valence-corrected chi connectivity index (χ0v) is 19.9. The van der Waals surface area contributed by atoms with Gasteiger partial charge in [-0.1, -0.05) is 53.0 Å². The standard InChI is InChI=1S/C22H20Cl2N2O3S2/c1-15-7-9-19(10-8-15)31(28,29)26(18-12-16(23)11-17(24)13-18)14-22(27)25-20-5-3-4-6-21(20)30-2/h3-13H,14H2,1-2H3,(H,25,27). The molecule has 0 heterocycles. The molecule has 3 aromatic carbocycles. The zero-order chi connectivity index (χ0) is 22.6. The van der Waals surface area contributed by atoms with Crippen molar-refractivity contribution < 1.29 is 13.2 Å². The Balaban J connectivity index is 1.99. The molecule has 3 aromatic rings. The summed E-state index contributed by atoms with van der Waals surface area (Å²) in [7, 11) is -4.06. The van der Waals surface area contributed by atoms with Gasteiger partial charge in [-0.3, -0.25) is 9.10 Å². The molecule has 0 saturated heterocycles. The van der Waals surface area contributed by atoms with Crippen molar-refractivity contribution >= 4 is 62.3 Å². The molecular formula is C22H20Cl2N2O3S2. The van der Waals surface area contributed by atoms with Gasteiger partial charge in [0.2, 0.25) is 5.91 Å². The molecule has 0 aliphatic heterocycles. The van der Waals surface area contributed by atoms with Crippen molar-refractivity contribution in [2.75, 3.05) is 22.4 Å². The molecule has 0 radical (unpaired) electrons. The number of para-hydroxylation sites is 1. The van der Waals surface area contributed by atoms with E-state index in [1.807, 2.05) is 25.3 Å². The monoisotopic (exact) mass is 494 g/mol. The van der Waals surface area contributed by atoms with Gasteiger partial charge in [-0.25, -0.2) is 8.42 Å². The number of hydrogen-bond acceptors (Lipinski definition) is 4. The topological polar surface area (TPSA) is 66.5 Å². The molecule has 0 aliphatic rings. The van der Waals surface area contributed by atoms with Crippen LogP contribution in [0, 0.1) is 6.92 Å². The number of hydrogen-bond donors (Lipinski definition) is 1. The number of halogens is 2. The molecule has 0 bridgehead atoms. The number of carbonyl (C=O) groups is 1. The van der Waals surface area contributed by atoms with Gasteiger partial charge in [0.15, 0.2) is 0 Å². The maximum absolute atomic E-state index is 13.4. The van der Waals surface area contributed by atoms with E-state index in [1.165, 1.54) is 42.1 Å². The first-order chi connectivity index (χ1) is 14.7. The van der Waals surface area contributed by atoms with Crippen LogP contribution in [-0.2, 0) is 14.8 Å². The van der Waals surface area contributed by atoms with Gasteiger partial charge in [0.25, 0.3) is 10.0 Å². The molecular weight excluding hydrogens is 475 g/mol. The highest BCUT2D eigenvalue weighted by molar-refractivity contribution is 7.98. The Morgan fingerprint density at radius 2 is 1.61 bits per heavy atom. The number of aryl methyl sites for hydroxylation is 1. The van der Waals surface area contributed by atoms with Crippen molar-refractivity contribution in [1.29, 1.82) is 0 Å². The van der Waals surface area contributed by atoms with Crippen LogP contribution in [0.3, 0.4) is 0 Å². The van der Waals surface area contributed by atoms with Crippen LogP contribution >= 0.6 is 35.0 Å². The summed E-state index contributed by atoms with van der Waals surface area (Å²) in [5.41, 5.74) is 1.73. The van der Waals surface area contributed by atoms with Crippen molar-refractivity contribution in [3.8, 4) is 0 Å². The van der Waals surface area contributed by atoms with Crippen LogP contribution < -0.4 is 9.62 Å². The molecule has 162 valence electrons. The van der Waals surface area contributed by atoms with Gasteiger partial charge < -0.3 is 5.32 Å². The molecule has 1 amide bonds. The highest BCUT2D eigenvalue weighted by Crippen LogP contribution is 2.30. The van der Waals surface area contributed by atoms with Crippen LogP contribution in [0.2, 0.25) is 10.0 Å². The molecule has 3 rings (SSSR count). The van der Waals surface area contributed by atoms with E-state index in [0.29, 0.717) is 5.69 Å². The van der Waals surface area contributed by atoms with Crippen LogP contribution in [0.4, 0.5) is 11.4 Å². The second-order valence-electron chi connectivity index (χ2n) is 6.70. The second kappa shape index (κ2) is 9.96. The lowest BCUT2D eigenvalue weighted by molar-refractivity contribution is -0.114. The maximum Gasteiger partial charge on any atom is 0.264 e. The number of nitrogens with one attached hydrogen (secondary N) is 1. The van der Waals surface area contributed by atoms with Crippen LogP contribution in [-0.4, -0.2) is 27.1 Å². The normalized spacial score (nSPS) is 11.2. The number of anilines is 2. The first-order valence-corrected chi connectivity index (χ1v) is 12.6. The van der Waals surface area contributed by atoms with Crippen molar-refractivity contribution in [3.63, 3.8) is 0 Å². The van der Waals surface area contributed by atoms with E-state index in [2.05, 4.69) is 5.32 Å². The smallest absolute Gasteiger partial charge is 0.264 e. The summed E-state index contributed by atoms with van der Waals surface area (Å²) >= 11 is 13.7. The number of thioether (sulfide) groups is 1. The largest absolute Gasteiger partial charge is 0.323 e. The van der Waals surface area contributed by atoms with Crippen LogP contribution in [0.5, 0.6) is 0 Å². The Morgan fingerprint density at radius 3 is 2.23 bits per heavy atom. The van der Waals surface area contributed by atoms with Crippen molar-refractivity contribution in [1.82, 2.24) is 0 Å². The number of sulfonamides is 1. The summed E-state index contributed by atoms with van der Waals surface area (Å²) in [6.07, 6.45) is 1.90. The van der Waals surface area contributed by atoms with Gasteiger partial charge in [0.1, 0.15) is 6.54 Å². The fraction of sp³-hybridized carbons (Fsp3) is 0.136. The average molecular weight is 495 g/mol. The Labute approximate surface area is 196 Å². The van der Waals surface area contributed by atoms with Crippen molar-refractivity contribution in [2.24, 2.45) is 0 Å². The molecule has 0 spiro atoms. The van der Waals surface area contributed by atoms with E-state index in [0.717, 1.165) is 14.8 Å². The average Bonchev–Trinajstić information content (AvgIpc) is 2.72. The number of benzene rings is 3. The third-order valence-electron chi connectivity index (χ3n) is 4.41. The quantitative estimate of drug-likeness (QED) is 0.417. The zero-order valence-electron chi connectivity index (χ0n) is 16.8. The Bertz CT molecular complexity index is 1180. The number of amides is 1. The Hall–Kier alpha value is -2.19. The van der Waals surface area contributed by atoms with E-state index in [4.69, 9.17) is 23.2 Å². The first kappa shape index (κ1) is 23.5. The molecule has 1 N–H and O–H groups in total. The molecule has 0 aliphatic carbocycles. The van der Waals surface area contributed by atoms with Gasteiger partial charge >= 0.3 is 0 Å². The SMILES string of the molecule is CSc1ccccc1NC(=O)CN(c1cc(Cl)cc(Cl)c1)S(=O)(=O)c1ccc(C)cc1. The Morgan fingerprint density at radius 1 is 1.00 bits per heavy atom. The number of nitrogens with zero attached hydrogens (tertiary/aromatic N) is 1. The van der Waals surface area contributed by atoms with E-state index in [9.17, 15) is 13.2 Å². The molecule has 5 nitrogen and oxygen atoms in total. The van der Waals surface area contributed by atoms with E-state index < -0.39 is 22.5 Å². The minimum atomic E-state index is -4.06. The third-order valence-corrected chi connectivity index (χ3v) is 7.43. The summed E-state index contributed by atoms with van der Waals surface area (Å²) in [5.74, 6) is -0.492. The first-order valence-electron chi connectivity index (χ1n) is 9.19. The van der Waals surface area contributed by atoms with Gasteiger partial charge in [0, 0.05) is 14.9 Å². The maximum atomic E-state index is 13.4. The lowest BCUT2D eigenvalue weighted by Crippen LogP contribution is -2.38. The molecule has 0 saturated carbocycles. The fourth-order valence-electron chi connectivity index (χ4n) is 2.90. The predicted molar refractivity (Wildman–Crippen MR) is 129 cm³/mol. The predicted octanol–water partition coefficient (Wildman–Crippen LogP) is 5.86. The van der Waals surface area contributed by atoms with E-state index >= 15 is 0 Å². The molecule has 31 heavy (non-hydrogen) atoms. The van der Waals surface area contributed by atoms with E-state index in [1.54, 1.807) is 24.3 Å². The number of carbonyl (C=O) groups excluding carboxylic acids is 1. The molecule has 0 aromatic heterocycles. The molecule has 0 fully saturated rings. The van der Waals surface area contributed by atoms with Gasteiger partial charge in [-0.05, 0) is 55.6 Å². The van der Waals surface area contributed by atoms with Crippen LogP contribution in [0.25, 0.3) is 0 Å². The minimum absolute atomic E-state index is 0.0616. The lowest BCUT2D eigenvalue weighted by atomic mass is 10.2. The lowest BCUT2D eigenvalue weighted by Gasteiger charge is -2.25. The second-order valence-corrected chi connectivity index (χ2v) is 10.3. The summed E-state index contributed by atoms with van der Waals surface area (Å²) in [5, 5.41) is 3.32. The van der Waals surface area contributed by atoms with Gasteiger partial charge in [-0.2, -0.15) is 0 Å². The van der Waals surface area contributed by atoms with Crippen LogP contribution in [0.1, 0.15) is 5.56 Å². The highest BCUT2D eigenvalue weighted by Gasteiger charge is 2.28. The van der Waals surface area contributed by atoms with Gasteiger partial charge in [-0.15, -0.1) is 11.8 Å². The summed E-state index contributed by atoms with van der Waals surface area (Å²) in [6.45, 7) is 1.41. The van der Waals surface area contributed by atoms with Crippen molar-refractivity contribution in [3.05, 3.63) is 82.3 Å². The third kappa shape index (κ3) is 5.74. The minimum Gasteiger partial charge on any atom is -0.323 e. The van der Waals surface area contributed by atoms with Gasteiger partial charge in [0.05, 0.1) is 16.3 Å².